The second-order valence-electron chi connectivity index (χ2n) is 3.77. The van der Waals surface area contributed by atoms with Crippen molar-refractivity contribution in [2.45, 2.75) is 26.8 Å². The molecule has 2 aromatic rings. The fourth-order valence-corrected chi connectivity index (χ4v) is 2.42. The minimum absolute atomic E-state index is 0.168. The van der Waals surface area contributed by atoms with Crippen molar-refractivity contribution in [2.75, 3.05) is 6.61 Å². The molecule has 0 atom stereocenters. The van der Waals surface area contributed by atoms with Crippen molar-refractivity contribution in [1.82, 2.24) is 14.8 Å². The molecule has 0 saturated heterocycles. The smallest absolute Gasteiger partial charge is 0.115 e. The summed E-state index contributed by atoms with van der Waals surface area (Å²) in [6.45, 7) is 4.98. The lowest BCUT2D eigenvalue weighted by molar-refractivity contribution is 0.299. The molecule has 0 aliphatic heterocycles. The van der Waals surface area contributed by atoms with Crippen molar-refractivity contribution in [3.8, 4) is 0 Å². The summed E-state index contributed by atoms with van der Waals surface area (Å²) >= 11 is 1.71. The molecular formula is C11H15N3OS. The Bertz CT molecular complexity index is 456. The van der Waals surface area contributed by atoms with Gasteiger partial charge in [0.15, 0.2) is 0 Å². The van der Waals surface area contributed by atoms with E-state index in [1.165, 1.54) is 4.88 Å². The van der Waals surface area contributed by atoms with Crippen LogP contribution in [0.5, 0.6) is 0 Å². The van der Waals surface area contributed by atoms with Crippen molar-refractivity contribution >= 4 is 11.3 Å². The molecule has 0 aliphatic rings. The van der Waals surface area contributed by atoms with Gasteiger partial charge < -0.3 is 5.11 Å². The van der Waals surface area contributed by atoms with Crippen LogP contribution in [0.1, 0.15) is 21.1 Å². The Morgan fingerprint density at radius 2 is 2.25 bits per heavy atom. The van der Waals surface area contributed by atoms with Gasteiger partial charge in [-0.25, -0.2) is 4.98 Å². The largest absolute Gasteiger partial charge is 0.396 e. The highest BCUT2D eigenvalue weighted by Crippen LogP contribution is 2.17. The van der Waals surface area contributed by atoms with Gasteiger partial charge in [-0.2, -0.15) is 5.10 Å². The molecule has 0 spiro atoms. The molecule has 0 radical (unpaired) electrons. The zero-order chi connectivity index (χ0) is 11.5. The molecule has 16 heavy (non-hydrogen) atoms. The maximum Gasteiger partial charge on any atom is 0.115 e. The second-order valence-corrected chi connectivity index (χ2v) is 5.06. The Labute approximate surface area is 98.6 Å². The molecule has 4 nitrogen and oxygen atoms in total. The van der Waals surface area contributed by atoms with E-state index in [0.717, 1.165) is 16.3 Å². The number of hydrogen-bond acceptors (Lipinski definition) is 4. The molecular weight excluding hydrogens is 222 g/mol. The minimum atomic E-state index is 0.168. The van der Waals surface area contributed by atoms with E-state index in [9.17, 15) is 0 Å². The Morgan fingerprint density at radius 3 is 2.88 bits per heavy atom. The van der Waals surface area contributed by atoms with Crippen LogP contribution in [0.3, 0.4) is 0 Å². The van der Waals surface area contributed by atoms with Gasteiger partial charge in [0.25, 0.3) is 0 Å². The van der Waals surface area contributed by atoms with Crippen LogP contribution in [0.25, 0.3) is 0 Å². The molecule has 0 fully saturated rings. The van der Waals surface area contributed by atoms with Gasteiger partial charge in [0.05, 0.1) is 18.4 Å². The second kappa shape index (κ2) is 4.76. The molecule has 0 aliphatic carbocycles. The van der Waals surface area contributed by atoms with E-state index in [-0.39, 0.29) is 6.61 Å². The molecule has 2 aromatic heterocycles. The molecule has 0 amide bonds. The predicted molar refractivity (Wildman–Crippen MR) is 63.7 cm³/mol. The molecule has 0 unspecified atom stereocenters. The lowest BCUT2D eigenvalue weighted by Gasteiger charge is -1.96. The van der Waals surface area contributed by atoms with E-state index < -0.39 is 0 Å². The van der Waals surface area contributed by atoms with E-state index in [1.54, 1.807) is 17.5 Å². The van der Waals surface area contributed by atoms with E-state index in [4.69, 9.17) is 5.11 Å². The van der Waals surface area contributed by atoms with E-state index >= 15 is 0 Å². The standard InChI is InChI=1S/C11H15N3OS/c1-8-9(2)16-11(13-8)7-14-6-10(3-4-15)5-12-14/h5-6,15H,3-4,7H2,1-2H3. The van der Waals surface area contributed by atoms with Crippen molar-refractivity contribution in [3.63, 3.8) is 0 Å². The van der Waals surface area contributed by atoms with Gasteiger partial charge in [0.1, 0.15) is 5.01 Å². The third-order valence-electron chi connectivity index (χ3n) is 2.46. The summed E-state index contributed by atoms with van der Waals surface area (Å²) in [6, 6.07) is 0. The molecule has 86 valence electrons. The molecule has 0 aromatic carbocycles. The zero-order valence-electron chi connectivity index (χ0n) is 9.47. The number of nitrogens with zero attached hydrogens (tertiary/aromatic N) is 3. The SMILES string of the molecule is Cc1nc(Cn2cc(CCO)cn2)sc1C. The summed E-state index contributed by atoms with van der Waals surface area (Å²) in [4.78, 5) is 5.73. The van der Waals surface area contributed by atoms with E-state index in [1.807, 2.05) is 17.8 Å². The van der Waals surface area contributed by atoms with Gasteiger partial charge in [0.2, 0.25) is 0 Å². The van der Waals surface area contributed by atoms with Crippen LogP contribution >= 0.6 is 11.3 Å². The third-order valence-corrected chi connectivity index (χ3v) is 3.51. The summed E-state index contributed by atoms with van der Waals surface area (Å²) in [6.07, 6.45) is 4.42. The average molecular weight is 237 g/mol. The Hall–Kier alpha value is -1.20. The van der Waals surface area contributed by atoms with Crippen LogP contribution in [-0.2, 0) is 13.0 Å². The number of thiazole rings is 1. The third kappa shape index (κ3) is 2.48. The molecule has 1 N–H and O–H groups in total. The molecule has 2 heterocycles. The average Bonchev–Trinajstić information content (AvgIpc) is 2.77. The summed E-state index contributed by atoms with van der Waals surface area (Å²) in [5, 5.41) is 14.1. The maximum atomic E-state index is 8.81. The van der Waals surface area contributed by atoms with E-state index in [0.29, 0.717) is 13.0 Å². The number of aryl methyl sites for hydroxylation is 2. The Kier molecular flexibility index (Phi) is 3.36. The van der Waals surface area contributed by atoms with Crippen LogP contribution in [0.2, 0.25) is 0 Å². The first-order valence-electron chi connectivity index (χ1n) is 5.24. The maximum absolute atomic E-state index is 8.81. The van der Waals surface area contributed by atoms with Gasteiger partial charge in [-0.1, -0.05) is 0 Å². The fraction of sp³-hybridized carbons (Fsp3) is 0.455. The number of hydrogen-bond donors (Lipinski definition) is 1. The number of rotatable bonds is 4. The van der Waals surface area contributed by atoms with Crippen LogP contribution in [-0.4, -0.2) is 26.5 Å². The summed E-state index contributed by atoms with van der Waals surface area (Å²) in [5.41, 5.74) is 2.16. The first kappa shape index (κ1) is 11.3. The van der Waals surface area contributed by atoms with Crippen LogP contribution < -0.4 is 0 Å². The molecule has 2 rings (SSSR count). The van der Waals surface area contributed by atoms with Crippen LogP contribution in [0.15, 0.2) is 12.4 Å². The highest BCUT2D eigenvalue weighted by atomic mass is 32.1. The van der Waals surface area contributed by atoms with Crippen molar-refractivity contribution in [1.29, 1.82) is 0 Å². The van der Waals surface area contributed by atoms with Gasteiger partial charge in [-0.3, -0.25) is 4.68 Å². The van der Waals surface area contributed by atoms with Crippen LogP contribution in [0, 0.1) is 13.8 Å². The monoisotopic (exact) mass is 237 g/mol. The van der Waals surface area contributed by atoms with Crippen molar-refractivity contribution in [3.05, 3.63) is 33.5 Å². The highest BCUT2D eigenvalue weighted by Gasteiger charge is 2.05. The normalized spacial score (nSPS) is 10.9. The summed E-state index contributed by atoms with van der Waals surface area (Å²) in [7, 11) is 0. The first-order chi connectivity index (χ1) is 7.69. The molecule has 5 heteroatoms. The highest BCUT2D eigenvalue weighted by molar-refractivity contribution is 7.11. The molecule has 0 saturated carbocycles. The van der Waals surface area contributed by atoms with Crippen molar-refractivity contribution < 1.29 is 5.11 Å². The Balaban J connectivity index is 2.08. The van der Waals surface area contributed by atoms with Gasteiger partial charge in [-0.15, -0.1) is 11.3 Å². The van der Waals surface area contributed by atoms with Gasteiger partial charge in [-0.05, 0) is 25.8 Å². The quantitative estimate of drug-likeness (QED) is 0.877. The fourth-order valence-electron chi connectivity index (χ4n) is 1.50. The predicted octanol–water partition coefficient (Wildman–Crippen LogP) is 1.54. The molecule has 0 bridgehead atoms. The van der Waals surface area contributed by atoms with Gasteiger partial charge in [0, 0.05) is 17.7 Å². The summed E-state index contributed by atoms with van der Waals surface area (Å²) < 4.78 is 1.86. The topological polar surface area (TPSA) is 50.9 Å². The number of aliphatic hydroxyl groups is 1. The lowest BCUT2D eigenvalue weighted by atomic mass is 10.3. The van der Waals surface area contributed by atoms with Crippen LogP contribution in [0.4, 0.5) is 0 Å². The first-order valence-corrected chi connectivity index (χ1v) is 6.06. The van der Waals surface area contributed by atoms with Gasteiger partial charge >= 0.3 is 0 Å². The minimum Gasteiger partial charge on any atom is -0.396 e. The van der Waals surface area contributed by atoms with E-state index in [2.05, 4.69) is 17.0 Å². The van der Waals surface area contributed by atoms with Crippen molar-refractivity contribution in [2.24, 2.45) is 0 Å². The lowest BCUT2D eigenvalue weighted by Crippen LogP contribution is -1.99. The summed E-state index contributed by atoms with van der Waals surface area (Å²) in [5.74, 6) is 0. The number of aliphatic hydroxyl groups excluding tert-OH is 1. The Morgan fingerprint density at radius 1 is 1.44 bits per heavy atom. The number of aromatic nitrogens is 3. The zero-order valence-corrected chi connectivity index (χ0v) is 10.3.